The molecule has 1 aromatic heterocycles. The van der Waals surface area contributed by atoms with Gasteiger partial charge in [-0.25, -0.2) is 0 Å². The first-order valence-electron chi connectivity index (χ1n) is 7.87. The Morgan fingerprint density at radius 2 is 2.04 bits per heavy atom. The smallest absolute Gasteiger partial charge is 0.188 e. The van der Waals surface area contributed by atoms with Crippen molar-refractivity contribution in [1.82, 2.24) is 10.3 Å². The highest BCUT2D eigenvalue weighted by Gasteiger charge is 2.05. The minimum atomic E-state index is 0.438. The van der Waals surface area contributed by atoms with Gasteiger partial charge in [0.2, 0.25) is 0 Å². The zero-order valence-electron chi connectivity index (χ0n) is 14.2. The maximum absolute atomic E-state index is 5.89. The van der Waals surface area contributed by atoms with Gasteiger partial charge in [0.05, 0.1) is 14.2 Å². The molecule has 3 N–H and O–H groups in total. The molecule has 1 aromatic carbocycles. The predicted molar refractivity (Wildman–Crippen MR) is 95.7 cm³/mol. The molecule has 6 heteroatoms. The molecule has 0 aliphatic carbocycles. The SMILES string of the molecule is COc1ccc(OC)c(CCNC(N)=NCCc2ccccn2)c1. The number of pyridine rings is 1. The lowest BCUT2D eigenvalue weighted by Gasteiger charge is -2.11. The molecular weight excluding hydrogens is 304 g/mol. The van der Waals surface area contributed by atoms with E-state index < -0.39 is 0 Å². The first kappa shape index (κ1) is 17.6. The van der Waals surface area contributed by atoms with Crippen molar-refractivity contribution >= 4 is 5.96 Å². The molecule has 0 saturated heterocycles. The van der Waals surface area contributed by atoms with Crippen molar-refractivity contribution in [1.29, 1.82) is 0 Å². The second kappa shape index (κ2) is 9.39. The molecule has 0 aliphatic rings. The highest BCUT2D eigenvalue weighted by Crippen LogP contribution is 2.23. The Balaban J connectivity index is 1.79. The number of hydrogen-bond donors (Lipinski definition) is 2. The number of nitrogens with two attached hydrogens (primary N) is 1. The third kappa shape index (κ3) is 5.46. The number of hydrogen-bond acceptors (Lipinski definition) is 4. The van der Waals surface area contributed by atoms with Gasteiger partial charge < -0.3 is 20.5 Å². The summed E-state index contributed by atoms with van der Waals surface area (Å²) in [6, 6.07) is 11.6. The lowest BCUT2D eigenvalue weighted by molar-refractivity contribution is 0.398. The summed E-state index contributed by atoms with van der Waals surface area (Å²) < 4.78 is 10.6. The predicted octanol–water partition coefficient (Wildman–Crippen LogP) is 1.79. The highest BCUT2D eigenvalue weighted by atomic mass is 16.5. The molecule has 0 saturated carbocycles. The number of ether oxygens (including phenoxy) is 2. The van der Waals surface area contributed by atoms with Crippen LogP contribution < -0.4 is 20.5 Å². The van der Waals surface area contributed by atoms with E-state index in [2.05, 4.69) is 15.3 Å². The van der Waals surface area contributed by atoms with Gasteiger partial charge in [0.15, 0.2) is 5.96 Å². The fourth-order valence-corrected chi connectivity index (χ4v) is 2.30. The molecule has 0 unspecified atom stereocenters. The fraction of sp³-hybridized carbons (Fsp3) is 0.333. The van der Waals surface area contributed by atoms with Crippen molar-refractivity contribution in [3.8, 4) is 11.5 Å². The second-order valence-electron chi connectivity index (χ2n) is 5.19. The first-order chi connectivity index (χ1) is 11.7. The van der Waals surface area contributed by atoms with E-state index in [-0.39, 0.29) is 0 Å². The summed E-state index contributed by atoms with van der Waals surface area (Å²) in [7, 11) is 3.31. The van der Waals surface area contributed by atoms with Gasteiger partial charge >= 0.3 is 0 Å². The van der Waals surface area contributed by atoms with Crippen LogP contribution in [0.3, 0.4) is 0 Å². The minimum Gasteiger partial charge on any atom is -0.497 e. The third-order valence-electron chi connectivity index (χ3n) is 3.56. The van der Waals surface area contributed by atoms with Crippen molar-refractivity contribution in [3.05, 3.63) is 53.9 Å². The lowest BCUT2D eigenvalue weighted by Crippen LogP contribution is -2.33. The van der Waals surface area contributed by atoms with E-state index in [1.54, 1.807) is 20.4 Å². The Labute approximate surface area is 142 Å². The number of guanidine groups is 1. The summed E-state index contributed by atoms with van der Waals surface area (Å²) in [6.07, 6.45) is 3.31. The average molecular weight is 328 g/mol. The quantitative estimate of drug-likeness (QED) is 0.570. The Bertz CT molecular complexity index is 659. The Morgan fingerprint density at radius 3 is 2.75 bits per heavy atom. The van der Waals surface area contributed by atoms with Gasteiger partial charge in [0, 0.05) is 31.4 Å². The molecule has 2 aromatic rings. The van der Waals surface area contributed by atoms with Crippen LogP contribution in [0.1, 0.15) is 11.3 Å². The molecule has 128 valence electrons. The topological polar surface area (TPSA) is 81.8 Å². The van der Waals surface area contributed by atoms with Gasteiger partial charge in [0.1, 0.15) is 11.5 Å². The molecule has 6 nitrogen and oxygen atoms in total. The molecule has 0 atom stereocenters. The monoisotopic (exact) mass is 328 g/mol. The summed E-state index contributed by atoms with van der Waals surface area (Å²) in [5, 5.41) is 3.12. The standard InChI is InChI=1S/C18H24N4O2/c1-23-16-6-7-17(24-2)14(13-16)8-11-21-18(19)22-12-9-15-5-3-4-10-20-15/h3-7,10,13H,8-9,11-12H2,1-2H3,(H3,19,21,22). The number of benzene rings is 1. The van der Waals surface area contributed by atoms with Crippen molar-refractivity contribution in [2.24, 2.45) is 10.7 Å². The largest absolute Gasteiger partial charge is 0.497 e. The van der Waals surface area contributed by atoms with Gasteiger partial charge in [-0.15, -0.1) is 0 Å². The Morgan fingerprint density at radius 1 is 1.17 bits per heavy atom. The molecule has 0 radical (unpaired) electrons. The second-order valence-corrected chi connectivity index (χ2v) is 5.19. The summed E-state index contributed by atoms with van der Waals surface area (Å²) in [5.74, 6) is 2.08. The van der Waals surface area contributed by atoms with E-state index >= 15 is 0 Å². The van der Waals surface area contributed by atoms with E-state index in [1.807, 2.05) is 36.4 Å². The van der Waals surface area contributed by atoms with E-state index in [4.69, 9.17) is 15.2 Å². The van der Waals surface area contributed by atoms with Crippen LogP contribution >= 0.6 is 0 Å². The van der Waals surface area contributed by atoms with Crippen molar-refractivity contribution < 1.29 is 9.47 Å². The van der Waals surface area contributed by atoms with Crippen LogP contribution in [0.2, 0.25) is 0 Å². The van der Waals surface area contributed by atoms with E-state index in [0.29, 0.717) is 19.0 Å². The summed E-state index contributed by atoms with van der Waals surface area (Å²) in [6.45, 7) is 1.28. The van der Waals surface area contributed by atoms with Gasteiger partial charge in [0.25, 0.3) is 0 Å². The molecule has 0 bridgehead atoms. The Hall–Kier alpha value is -2.76. The van der Waals surface area contributed by atoms with Crippen LogP contribution in [0, 0.1) is 0 Å². The van der Waals surface area contributed by atoms with Crippen LogP contribution in [-0.4, -0.2) is 38.3 Å². The van der Waals surface area contributed by atoms with Crippen LogP contribution in [0.5, 0.6) is 11.5 Å². The number of methoxy groups -OCH3 is 2. The normalized spacial score (nSPS) is 11.2. The molecular formula is C18H24N4O2. The van der Waals surface area contributed by atoms with Crippen molar-refractivity contribution in [2.45, 2.75) is 12.8 Å². The van der Waals surface area contributed by atoms with E-state index in [1.165, 1.54) is 0 Å². The molecule has 0 fully saturated rings. The van der Waals surface area contributed by atoms with Crippen LogP contribution in [0.15, 0.2) is 47.6 Å². The number of rotatable bonds is 8. The average Bonchev–Trinajstić information content (AvgIpc) is 2.62. The maximum Gasteiger partial charge on any atom is 0.188 e. The van der Waals surface area contributed by atoms with Crippen LogP contribution in [0.4, 0.5) is 0 Å². The number of aliphatic imine (C=N–C) groups is 1. The van der Waals surface area contributed by atoms with Gasteiger partial charge in [-0.1, -0.05) is 6.07 Å². The van der Waals surface area contributed by atoms with E-state index in [0.717, 1.165) is 35.6 Å². The minimum absolute atomic E-state index is 0.438. The number of nitrogens with one attached hydrogen (secondary N) is 1. The zero-order chi connectivity index (χ0) is 17.2. The van der Waals surface area contributed by atoms with E-state index in [9.17, 15) is 0 Å². The summed E-state index contributed by atoms with van der Waals surface area (Å²) >= 11 is 0. The maximum atomic E-state index is 5.89. The number of aromatic nitrogens is 1. The van der Waals surface area contributed by atoms with Gasteiger partial charge in [-0.3, -0.25) is 9.98 Å². The van der Waals surface area contributed by atoms with Crippen LogP contribution in [0.25, 0.3) is 0 Å². The fourth-order valence-electron chi connectivity index (χ4n) is 2.30. The molecule has 24 heavy (non-hydrogen) atoms. The Kier molecular flexibility index (Phi) is 6.89. The molecule has 1 heterocycles. The highest BCUT2D eigenvalue weighted by molar-refractivity contribution is 5.77. The first-order valence-corrected chi connectivity index (χ1v) is 7.87. The molecule has 0 amide bonds. The summed E-state index contributed by atoms with van der Waals surface area (Å²) in [4.78, 5) is 8.57. The van der Waals surface area contributed by atoms with Gasteiger partial charge in [-0.05, 0) is 42.3 Å². The molecule has 0 aliphatic heterocycles. The van der Waals surface area contributed by atoms with Crippen molar-refractivity contribution in [3.63, 3.8) is 0 Å². The molecule has 0 spiro atoms. The zero-order valence-corrected chi connectivity index (χ0v) is 14.2. The van der Waals surface area contributed by atoms with Crippen molar-refractivity contribution in [2.75, 3.05) is 27.3 Å². The molecule has 2 rings (SSSR count). The number of nitrogens with zero attached hydrogens (tertiary/aromatic N) is 2. The van der Waals surface area contributed by atoms with Crippen LogP contribution in [-0.2, 0) is 12.8 Å². The third-order valence-corrected chi connectivity index (χ3v) is 3.56. The van der Waals surface area contributed by atoms with Gasteiger partial charge in [-0.2, -0.15) is 0 Å². The summed E-state index contributed by atoms with van der Waals surface area (Å²) in [5.41, 5.74) is 7.96. The lowest BCUT2D eigenvalue weighted by atomic mass is 10.1.